The molecule has 0 radical (unpaired) electrons. The van der Waals surface area contributed by atoms with Crippen molar-refractivity contribution in [1.29, 1.82) is 0 Å². The second kappa shape index (κ2) is 8.76. The van der Waals surface area contributed by atoms with Crippen LogP contribution in [0.1, 0.15) is 16.7 Å². The molecule has 22 heavy (non-hydrogen) atoms. The average Bonchev–Trinajstić information content (AvgIpc) is 2.51. The molecule has 0 fully saturated rings. The summed E-state index contributed by atoms with van der Waals surface area (Å²) in [6, 6.07) is 12.4. The molecule has 2 rings (SSSR count). The van der Waals surface area contributed by atoms with Crippen LogP contribution in [0.25, 0.3) is 0 Å². The third kappa shape index (κ3) is 5.31. The SMILES string of the molecule is Cc1ccccc1CSCCNC(=S)Nc1ncccc1C. The average molecular weight is 332 g/mol. The van der Waals surface area contributed by atoms with Crippen molar-refractivity contribution in [1.82, 2.24) is 10.3 Å². The van der Waals surface area contributed by atoms with E-state index in [0.717, 1.165) is 29.4 Å². The van der Waals surface area contributed by atoms with Gasteiger partial charge in [0.05, 0.1) is 0 Å². The Morgan fingerprint density at radius 3 is 2.68 bits per heavy atom. The highest BCUT2D eigenvalue weighted by atomic mass is 32.2. The van der Waals surface area contributed by atoms with Crippen molar-refractivity contribution in [2.24, 2.45) is 0 Å². The predicted octanol–water partition coefficient (Wildman–Crippen LogP) is 3.92. The second-order valence-electron chi connectivity index (χ2n) is 5.03. The number of anilines is 1. The first-order valence-corrected chi connectivity index (χ1v) is 8.82. The van der Waals surface area contributed by atoms with Crippen molar-refractivity contribution in [3.8, 4) is 0 Å². The van der Waals surface area contributed by atoms with E-state index in [4.69, 9.17) is 12.2 Å². The van der Waals surface area contributed by atoms with Crippen LogP contribution in [-0.2, 0) is 5.75 Å². The highest BCUT2D eigenvalue weighted by Crippen LogP contribution is 2.15. The molecule has 2 aromatic rings. The summed E-state index contributed by atoms with van der Waals surface area (Å²) < 4.78 is 0. The van der Waals surface area contributed by atoms with E-state index in [1.165, 1.54) is 11.1 Å². The Balaban J connectivity index is 1.65. The molecule has 0 aliphatic heterocycles. The van der Waals surface area contributed by atoms with Gasteiger partial charge in [-0.05, 0) is 48.8 Å². The fourth-order valence-electron chi connectivity index (χ4n) is 1.96. The van der Waals surface area contributed by atoms with Crippen LogP contribution in [0, 0.1) is 13.8 Å². The van der Waals surface area contributed by atoms with E-state index in [1.54, 1.807) is 6.20 Å². The molecule has 5 heteroatoms. The van der Waals surface area contributed by atoms with E-state index >= 15 is 0 Å². The monoisotopic (exact) mass is 331 g/mol. The summed E-state index contributed by atoms with van der Waals surface area (Å²) in [4.78, 5) is 4.27. The number of aromatic nitrogens is 1. The van der Waals surface area contributed by atoms with Crippen LogP contribution in [0.3, 0.4) is 0 Å². The largest absolute Gasteiger partial charge is 0.362 e. The molecular weight excluding hydrogens is 310 g/mol. The fourth-order valence-corrected chi connectivity index (χ4v) is 3.09. The minimum atomic E-state index is 0.623. The third-order valence-electron chi connectivity index (χ3n) is 3.29. The lowest BCUT2D eigenvalue weighted by atomic mass is 10.1. The highest BCUT2D eigenvalue weighted by molar-refractivity contribution is 7.98. The van der Waals surface area contributed by atoms with Gasteiger partial charge in [-0.1, -0.05) is 30.3 Å². The van der Waals surface area contributed by atoms with Crippen LogP contribution in [-0.4, -0.2) is 22.4 Å². The third-order valence-corrected chi connectivity index (χ3v) is 4.55. The predicted molar refractivity (Wildman–Crippen MR) is 101 cm³/mol. The van der Waals surface area contributed by atoms with Crippen LogP contribution >= 0.6 is 24.0 Å². The standard InChI is InChI=1S/C17H21N3S2/c1-13-6-3-4-8-15(13)12-22-11-10-19-17(21)20-16-14(2)7-5-9-18-16/h3-9H,10-12H2,1-2H3,(H2,18,19,20,21). The van der Waals surface area contributed by atoms with Gasteiger partial charge in [0.1, 0.15) is 5.82 Å². The molecule has 0 atom stereocenters. The normalized spacial score (nSPS) is 10.3. The molecule has 1 aromatic carbocycles. The first kappa shape index (κ1) is 16.8. The van der Waals surface area contributed by atoms with E-state index < -0.39 is 0 Å². The second-order valence-corrected chi connectivity index (χ2v) is 6.54. The Kier molecular flexibility index (Phi) is 6.68. The van der Waals surface area contributed by atoms with Gasteiger partial charge >= 0.3 is 0 Å². The number of rotatable bonds is 6. The van der Waals surface area contributed by atoms with Crippen molar-refractivity contribution in [3.05, 3.63) is 59.3 Å². The van der Waals surface area contributed by atoms with Crippen LogP contribution in [0.2, 0.25) is 0 Å². The molecule has 0 saturated carbocycles. The molecule has 1 heterocycles. The summed E-state index contributed by atoms with van der Waals surface area (Å²) >= 11 is 7.19. The number of aryl methyl sites for hydroxylation is 2. The lowest BCUT2D eigenvalue weighted by Gasteiger charge is -2.11. The molecule has 3 nitrogen and oxygen atoms in total. The number of nitrogens with one attached hydrogen (secondary N) is 2. The van der Waals surface area contributed by atoms with Gasteiger partial charge in [0.15, 0.2) is 5.11 Å². The van der Waals surface area contributed by atoms with Gasteiger partial charge in [-0.2, -0.15) is 11.8 Å². The van der Waals surface area contributed by atoms with Crippen molar-refractivity contribution in [3.63, 3.8) is 0 Å². The molecule has 0 aliphatic rings. The summed E-state index contributed by atoms with van der Waals surface area (Å²) in [6.45, 7) is 5.01. The van der Waals surface area contributed by atoms with Gasteiger partial charge in [0, 0.05) is 24.2 Å². The van der Waals surface area contributed by atoms with Gasteiger partial charge in [-0.3, -0.25) is 0 Å². The Morgan fingerprint density at radius 1 is 1.14 bits per heavy atom. The van der Waals surface area contributed by atoms with E-state index in [2.05, 4.69) is 46.8 Å². The zero-order valence-corrected chi connectivity index (χ0v) is 14.6. The smallest absolute Gasteiger partial charge is 0.171 e. The maximum Gasteiger partial charge on any atom is 0.171 e. The van der Waals surface area contributed by atoms with Gasteiger partial charge in [-0.25, -0.2) is 4.98 Å². The maximum absolute atomic E-state index is 5.29. The number of thioether (sulfide) groups is 1. The van der Waals surface area contributed by atoms with Gasteiger partial charge in [-0.15, -0.1) is 0 Å². The fraction of sp³-hybridized carbons (Fsp3) is 0.294. The summed E-state index contributed by atoms with van der Waals surface area (Å²) in [5.74, 6) is 2.86. The number of hydrogen-bond acceptors (Lipinski definition) is 3. The Morgan fingerprint density at radius 2 is 1.91 bits per heavy atom. The van der Waals surface area contributed by atoms with E-state index in [9.17, 15) is 0 Å². The summed E-state index contributed by atoms with van der Waals surface area (Å²) in [5.41, 5.74) is 3.84. The quantitative estimate of drug-likeness (QED) is 0.620. The minimum absolute atomic E-state index is 0.623. The van der Waals surface area contributed by atoms with Gasteiger partial charge < -0.3 is 10.6 Å². The molecule has 0 unspecified atom stereocenters. The van der Waals surface area contributed by atoms with Crippen molar-refractivity contribution >= 4 is 34.9 Å². The van der Waals surface area contributed by atoms with Crippen LogP contribution < -0.4 is 10.6 Å². The van der Waals surface area contributed by atoms with Crippen LogP contribution in [0.4, 0.5) is 5.82 Å². The van der Waals surface area contributed by atoms with Crippen LogP contribution in [0.5, 0.6) is 0 Å². The lowest BCUT2D eigenvalue weighted by molar-refractivity contribution is 0.987. The molecule has 1 aromatic heterocycles. The number of pyridine rings is 1. The van der Waals surface area contributed by atoms with Crippen molar-refractivity contribution < 1.29 is 0 Å². The lowest BCUT2D eigenvalue weighted by Crippen LogP contribution is -2.30. The molecule has 0 aliphatic carbocycles. The zero-order valence-electron chi connectivity index (χ0n) is 12.9. The first-order valence-electron chi connectivity index (χ1n) is 7.25. The van der Waals surface area contributed by atoms with E-state index in [1.807, 2.05) is 30.8 Å². The first-order chi connectivity index (χ1) is 10.7. The molecule has 0 saturated heterocycles. The molecule has 0 amide bonds. The van der Waals surface area contributed by atoms with Crippen molar-refractivity contribution in [2.75, 3.05) is 17.6 Å². The highest BCUT2D eigenvalue weighted by Gasteiger charge is 2.01. The zero-order chi connectivity index (χ0) is 15.8. The maximum atomic E-state index is 5.29. The molecule has 2 N–H and O–H groups in total. The number of benzene rings is 1. The molecular formula is C17H21N3S2. The number of thiocarbonyl (C=S) groups is 1. The summed E-state index contributed by atoms with van der Waals surface area (Å²) in [6.07, 6.45) is 1.76. The van der Waals surface area contributed by atoms with E-state index in [-0.39, 0.29) is 0 Å². The topological polar surface area (TPSA) is 37.0 Å². The minimum Gasteiger partial charge on any atom is -0.362 e. The number of hydrogen-bond donors (Lipinski definition) is 2. The summed E-state index contributed by atoms with van der Waals surface area (Å²) in [5, 5.41) is 6.97. The van der Waals surface area contributed by atoms with Crippen molar-refractivity contribution in [2.45, 2.75) is 19.6 Å². The Labute approximate surface area is 141 Å². The van der Waals surface area contributed by atoms with Crippen LogP contribution in [0.15, 0.2) is 42.6 Å². The molecule has 0 bridgehead atoms. The summed E-state index contributed by atoms with van der Waals surface area (Å²) in [7, 11) is 0. The molecule has 116 valence electrons. The van der Waals surface area contributed by atoms with Gasteiger partial charge in [0.25, 0.3) is 0 Å². The Bertz CT molecular complexity index is 629. The number of nitrogens with zero attached hydrogens (tertiary/aromatic N) is 1. The van der Waals surface area contributed by atoms with Gasteiger partial charge in [0.2, 0.25) is 0 Å². The Hall–Kier alpha value is -1.59. The van der Waals surface area contributed by atoms with E-state index in [0.29, 0.717) is 5.11 Å². The molecule has 0 spiro atoms.